The monoisotopic (exact) mass is 335 g/mol. The SMILES string of the molecule is CCc1ccc(C(=O)CN2C(=O)c3ccccc3S2(=O)=O)s1. The molecule has 1 aromatic heterocycles. The number of benzene rings is 1. The second-order valence-corrected chi connectivity index (χ2v) is 7.85. The van der Waals surface area contributed by atoms with Crippen LogP contribution in [0.15, 0.2) is 41.3 Å². The van der Waals surface area contributed by atoms with Gasteiger partial charge in [-0.15, -0.1) is 11.3 Å². The molecule has 22 heavy (non-hydrogen) atoms. The van der Waals surface area contributed by atoms with E-state index in [9.17, 15) is 18.0 Å². The molecule has 0 saturated carbocycles. The summed E-state index contributed by atoms with van der Waals surface area (Å²) in [5.74, 6) is -1.01. The van der Waals surface area contributed by atoms with Crippen LogP contribution >= 0.6 is 11.3 Å². The average molecular weight is 335 g/mol. The van der Waals surface area contributed by atoms with Gasteiger partial charge in [0.15, 0.2) is 5.78 Å². The fourth-order valence-electron chi connectivity index (χ4n) is 2.31. The lowest BCUT2D eigenvalue weighted by atomic mass is 10.2. The van der Waals surface area contributed by atoms with Gasteiger partial charge in [0.2, 0.25) is 0 Å². The minimum absolute atomic E-state index is 0.0340. The molecule has 2 aromatic rings. The molecular weight excluding hydrogens is 322 g/mol. The van der Waals surface area contributed by atoms with Crippen LogP contribution < -0.4 is 0 Å². The van der Waals surface area contributed by atoms with Crippen molar-refractivity contribution in [2.45, 2.75) is 18.2 Å². The van der Waals surface area contributed by atoms with Crippen molar-refractivity contribution in [2.75, 3.05) is 6.54 Å². The maximum atomic E-state index is 12.4. The van der Waals surface area contributed by atoms with Crippen molar-refractivity contribution >= 4 is 33.1 Å². The van der Waals surface area contributed by atoms with Crippen molar-refractivity contribution in [3.8, 4) is 0 Å². The first-order valence-electron chi connectivity index (χ1n) is 6.73. The number of sulfonamides is 1. The van der Waals surface area contributed by atoms with Crippen LogP contribution in [-0.4, -0.2) is 31.0 Å². The van der Waals surface area contributed by atoms with E-state index in [0.717, 1.165) is 11.3 Å². The summed E-state index contributed by atoms with van der Waals surface area (Å²) in [7, 11) is -3.93. The number of carbonyl (C=O) groups excluding carboxylic acids is 2. The van der Waals surface area contributed by atoms with Gasteiger partial charge in [-0.05, 0) is 30.7 Å². The number of aryl methyl sites for hydroxylation is 1. The summed E-state index contributed by atoms with van der Waals surface area (Å²) in [6, 6.07) is 9.51. The van der Waals surface area contributed by atoms with E-state index in [1.54, 1.807) is 18.2 Å². The van der Waals surface area contributed by atoms with Crippen LogP contribution in [0.25, 0.3) is 0 Å². The topological polar surface area (TPSA) is 71.5 Å². The average Bonchev–Trinajstić information content (AvgIpc) is 3.06. The molecule has 1 aliphatic heterocycles. The van der Waals surface area contributed by atoms with E-state index in [-0.39, 0.29) is 16.2 Å². The highest BCUT2D eigenvalue weighted by atomic mass is 32.2. The summed E-state index contributed by atoms with van der Waals surface area (Å²) in [5, 5.41) is 0. The number of fused-ring (bicyclic) bond motifs is 1. The van der Waals surface area contributed by atoms with Crippen LogP contribution in [0.5, 0.6) is 0 Å². The fraction of sp³-hybridized carbons (Fsp3) is 0.200. The normalized spacial score (nSPS) is 15.9. The Morgan fingerprint density at radius 1 is 1.18 bits per heavy atom. The maximum absolute atomic E-state index is 12.4. The second kappa shape index (κ2) is 5.33. The van der Waals surface area contributed by atoms with Gasteiger partial charge in [0.05, 0.1) is 10.4 Å². The molecular formula is C15H13NO4S2. The summed E-state index contributed by atoms with van der Waals surface area (Å²) in [5.41, 5.74) is 0.121. The van der Waals surface area contributed by atoms with Gasteiger partial charge < -0.3 is 0 Å². The van der Waals surface area contributed by atoms with Crippen LogP contribution in [-0.2, 0) is 16.4 Å². The Labute approximate surface area is 132 Å². The Hall–Kier alpha value is -1.99. The lowest BCUT2D eigenvalue weighted by molar-refractivity contribution is 0.0822. The third-order valence-electron chi connectivity index (χ3n) is 3.48. The van der Waals surface area contributed by atoms with Crippen molar-refractivity contribution in [1.82, 2.24) is 4.31 Å². The summed E-state index contributed by atoms with van der Waals surface area (Å²) >= 11 is 1.33. The van der Waals surface area contributed by atoms with Crippen LogP contribution in [0, 0.1) is 0 Å². The Bertz CT molecular complexity index is 867. The number of carbonyl (C=O) groups is 2. The van der Waals surface area contributed by atoms with E-state index < -0.39 is 22.5 Å². The number of Topliss-reactive ketones (excluding diaryl/α,β-unsaturated/α-hetero) is 1. The molecule has 0 N–H and O–H groups in total. The fourth-order valence-corrected chi connectivity index (χ4v) is 4.72. The highest BCUT2D eigenvalue weighted by Crippen LogP contribution is 2.30. The third-order valence-corrected chi connectivity index (χ3v) is 6.54. The predicted molar refractivity (Wildman–Crippen MR) is 82.7 cm³/mol. The Morgan fingerprint density at radius 2 is 1.91 bits per heavy atom. The second-order valence-electron chi connectivity index (χ2n) is 4.86. The van der Waals surface area contributed by atoms with Gasteiger partial charge in [-0.1, -0.05) is 19.1 Å². The zero-order chi connectivity index (χ0) is 15.9. The smallest absolute Gasteiger partial charge is 0.269 e. The van der Waals surface area contributed by atoms with Gasteiger partial charge in [-0.3, -0.25) is 9.59 Å². The van der Waals surface area contributed by atoms with Crippen LogP contribution in [0.4, 0.5) is 0 Å². The molecule has 1 aromatic carbocycles. The molecule has 1 aliphatic rings. The molecule has 0 radical (unpaired) electrons. The van der Waals surface area contributed by atoms with Crippen LogP contribution in [0.1, 0.15) is 31.8 Å². The molecule has 5 nitrogen and oxygen atoms in total. The molecule has 7 heteroatoms. The molecule has 3 rings (SSSR count). The van der Waals surface area contributed by atoms with E-state index in [1.165, 1.54) is 23.5 Å². The van der Waals surface area contributed by atoms with E-state index in [1.807, 2.05) is 13.0 Å². The molecule has 1 amide bonds. The highest BCUT2D eigenvalue weighted by molar-refractivity contribution is 7.90. The minimum Gasteiger partial charge on any atom is -0.291 e. The first-order chi connectivity index (χ1) is 10.4. The molecule has 2 heterocycles. The molecule has 114 valence electrons. The van der Waals surface area contributed by atoms with Gasteiger partial charge in [-0.25, -0.2) is 12.7 Å². The molecule has 0 atom stereocenters. The van der Waals surface area contributed by atoms with Crippen LogP contribution in [0.2, 0.25) is 0 Å². The largest absolute Gasteiger partial charge is 0.291 e. The van der Waals surface area contributed by atoms with Gasteiger partial charge in [-0.2, -0.15) is 0 Å². The molecule has 0 fully saturated rings. The first kappa shape index (κ1) is 14.9. The molecule has 0 unspecified atom stereocenters. The van der Waals surface area contributed by atoms with E-state index in [2.05, 4.69) is 0 Å². The number of amides is 1. The highest BCUT2D eigenvalue weighted by Gasteiger charge is 2.41. The Balaban J connectivity index is 1.91. The third kappa shape index (κ3) is 2.26. The zero-order valence-electron chi connectivity index (χ0n) is 11.8. The van der Waals surface area contributed by atoms with Crippen molar-refractivity contribution in [2.24, 2.45) is 0 Å². The number of nitrogens with zero attached hydrogens (tertiary/aromatic N) is 1. The number of hydrogen-bond donors (Lipinski definition) is 0. The minimum atomic E-state index is -3.93. The lowest BCUT2D eigenvalue weighted by Crippen LogP contribution is -2.34. The van der Waals surface area contributed by atoms with Crippen LogP contribution in [0.3, 0.4) is 0 Å². The zero-order valence-corrected chi connectivity index (χ0v) is 13.4. The Kier molecular flexibility index (Phi) is 3.62. The first-order valence-corrected chi connectivity index (χ1v) is 8.99. The molecule has 0 aliphatic carbocycles. The summed E-state index contributed by atoms with van der Waals surface area (Å²) in [6.07, 6.45) is 0.810. The van der Waals surface area contributed by atoms with Gasteiger partial charge in [0, 0.05) is 4.88 Å². The summed E-state index contributed by atoms with van der Waals surface area (Å²) < 4.78 is 25.4. The predicted octanol–water partition coefficient (Wildman–Crippen LogP) is 2.34. The number of rotatable bonds is 4. The van der Waals surface area contributed by atoms with Crippen molar-refractivity contribution in [1.29, 1.82) is 0 Å². The van der Waals surface area contributed by atoms with E-state index in [0.29, 0.717) is 9.18 Å². The number of thiophene rings is 1. The lowest BCUT2D eigenvalue weighted by Gasteiger charge is -2.13. The molecule has 0 bridgehead atoms. The standard InChI is InChI=1S/C15H13NO4S2/c1-2-10-7-8-13(21-10)12(17)9-16-15(18)11-5-3-4-6-14(11)22(16,19)20/h3-8H,2,9H2,1H3. The maximum Gasteiger partial charge on any atom is 0.269 e. The van der Waals surface area contributed by atoms with Gasteiger partial charge in [0.1, 0.15) is 11.4 Å². The quantitative estimate of drug-likeness (QED) is 0.804. The van der Waals surface area contributed by atoms with E-state index in [4.69, 9.17) is 0 Å². The van der Waals surface area contributed by atoms with Crippen molar-refractivity contribution in [3.63, 3.8) is 0 Å². The summed E-state index contributed by atoms with van der Waals surface area (Å²) in [6.45, 7) is 1.52. The Morgan fingerprint density at radius 3 is 2.55 bits per heavy atom. The molecule has 0 saturated heterocycles. The summed E-state index contributed by atoms with van der Waals surface area (Å²) in [4.78, 5) is 26.0. The molecule has 0 spiro atoms. The van der Waals surface area contributed by atoms with E-state index >= 15 is 0 Å². The van der Waals surface area contributed by atoms with Gasteiger partial charge >= 0.3 is 0 Å². The van der Waals surface area contributed by atoms with Crippen molar-refractivity contribution < 1.29 is 18.0 Å². The number of ketones is 1. The van der Waals surface area contributed by atoms with Crippen molar-refractivity contribution in [3.05, 3.63) is 51.7 Å². The number of hydrogen-bond acceptors (Lipinski definition) is 5. The van der Waals surface area contributed by atoms with Gasteiger partial charge in [0.25, 0.3) is 15.9 Å².